The van der Waals surface area contributed by atoms with Gasteiger partial charge in [-0.05, 0) is 12.8 Å². The van der Waals surface area contributed by atoms with E-state index in [-0.39, 0.29) is 5.92 Å². The van der Waals surface area contributed by atoms with E-state index in [4.69, 9.17) is 9.88 Å². The Balaban J connectivity index is 2.72. The van der Waals surface area contributed by atoms with Gasteiger partial charge in [0.25, 0.3) is 0 Å². The van der Waals surface area contributed by atoms with E-state index < -0.39 is 15.3 Å². The minimum absolute atomic E-state index is 0.0775. The van der Waals surface area contributed by atoms with Gasteiger partial charge in [0.15, 0.2) is 0 Å². The Morgan fingerprint density at radius 3 is 2.67 bits per heavy atom. The van der Waals surface area contributed by atoms with Crippen molar-refractivity contribution in [3.05, 3.63) is 0 Å². The number of hydrogen-bond acceptors (Lipinski definition) is 3. The van der Waals surface area contributed by atoms with Crippen LogP contribution in [-0.4, -0.2) is 26.9 Å². The minimum atomic E-state index is -3.37. The number of hydrogen-bond donors (Lipinski definition) is 1. The molecular formula is C7H15NO3S. The molecule has 4 nitrogen and oxygen atoms in total. The first-order chi connectivity index (χ1) is 5.55. The smallest absolute Gasteiger partial charge is 0.212 e. The summed E-state index contributed by atoms with van der Waals surface area (Å²) in [5.41, 5.74) is 0. The fourth-order valence-electron chi connectivity index (χ4n) is 1.59. The van der Waals surface area contributed by atoms with Crippen molar-refractivity contribution < 1.29 is 13.2 Å². The third-order valence-corrected chi connectivity index (χ3v) is 3.82. The van der Waals surface area contributed by atoms with E-state index in [1.165, 1.54) is 0 Å². The average molecular weight is 193 g/mol. The molecule has 1 saturated heterocycles. The monoisotopic (exact) mass is 193 g/mol. The van der Waals surface area contributed by atoms with Crippen molar-refractivity contribution in [1.29, 1.82) is 0 Å². The topological polar surface area (TPSA) is 69.4 Å². The molecule has 0 aliphatic carbocycles. The van der Waals surface area contributed by atoms with Crippen LogP contribution in [0.5, 0.6) is 0 Å². The van der Waals surface area contributed by atoms with Crippen LogP contribution in [0.15, 0.2) is 0 Å². The zero-order valence-corrected chi connectivity index (χ0v) is 8.01. The van der Waals surface area contributed by atoms with Gasteiger partial charge >= 0.3 is 0 Å². The lowest BCUT2D eigenvalue weighted by Crippen LogP contribution is -2.41. The van der Waals surface area contributed by atoms with E-state index >= 15 is 0 Å². The van der Waals surface area contributed by atoms with Crippen LogP contribution in [0.2, 0.25) is 0 Å². The van der Waals surface area contributed by atoms with Crippen molar-refractivity contribution in [3.8, 4) is 0 Å². The molecule has 1 rings (SSSR count). The molecule has 0 bridgehead atoms. The Hall–Kier alpha value is -0.130. The number of sulfonamides is 1. The lowest BCUT2D eigenvalue weighted by molar-refractivity contribution is 0.0558. The summed E-state index contributed by atoms with van der Waals surface area (Å²) in [5, 5.41) is 4.70. The van der Waals surface area contributed by atoms with Crippen LogP contribution in [-0.2, 0) is 14.8 Å². The van der Waals surface area contributed by atoms with Gasteiger partial charge in [0, 0.05) is 12.5 Å². The third kappa shape index (κ3) is 2.18. The summed E-state index contributed by atoms with van der Waals surface area (Å²) in [7, 11) is -3.37. The molecule has 0 amide bonds. The van der Waals surface area contributed by atoms with E-state index in [9.17, 15) is 8.42 Å². The van der Waals surface area contributed by atoms with Crippen LogP contribution in [0.1, 0.15) is 19.8 Å². The van der Waals surface area contributed by atoms with Gasteiger partial charge in [0.2, 0.25) is 10.0 Å². The van der Waals surface area contributed by atoms with E-state index in [0.717, 1.165) is 6.42 Å². The summed E-state index contributed by atoms with van der Waals surface area (Å²) in [6, 6.07) is 0. The van der Waals surface area contributed by atoms with Crippen molar-refractivity contribution in [2.24, 2.45) is 11.1 Å². The molecule has 72 valence electrons. The Labute approximate surface area is 73.1 Å². The fourth-order valence-corrected chi connectivity index (χ4v) is 2.82. The molecule has 0 aromatic rings. The number of rotatable bonds is 2. The van der Waals surface area contributed by atoms with Gasteiger partial charge in [-0.3, -0.25) is 0 Å². The maximum Gasteiger partial charge on any atom is 0.212 e. The maximum absolute atomic E-state index is 11.1. The first-order valence-electron chi connectivity index (χ1n) is 4.15. The highest BCUT2D eigenvalue weighted by Gasteiger charge is 2.32. The summed E-state index contributed by atoms with van der Waals surface area (Å²) < 4.78 is 27.3. The van der Waals surface area contributed by atoms with Crippen LogP contribution >= 0.6 is 0 Å². The second-order valence-corrected chi connectivity index (χ2v) is 4.94. The quantitative estimate of drug-likeness (QED) is 0.675. The summed E-state index contributed by atoms with van der Waals surface area (Å²) in [5.74, 6) is 0.0775. The van der Waals surface area contributed by atoms with Crippen LogP contribution in [0.4, 0.5) is 0 Å². The van der Waals surface area contributed by atoms with Crippen LogP contribution in [0.3, 0.4) is 0 Å². The number of primary sulfonamides is 1. The molecule has 0 spiro atoms. The molecule has 1 heterocycles. The van der Waals surface area contributed by atoms with Gasteiger partial charge in [0.1, 0.15) is 0 Å². The van der Waals surface area contributed by atoms with E-state index in [0.29, 0.717) is 19.6 Å². The lowest BCUT2D eigenvalue weighted by atomic mass is 9.99. The van der Waals surface area contributed by atoms with Gasteiger partial charge in [-0.1, -0.05) is 6.92 Å². The molecule has 12 heavy (non-hydrogen) atoms. The normalized spacial score (nSPS) is 31.8. The molecule has 5 heteroatoms. The summed E-state index contributed by atoms with van der Waals surface area (Å²) in [4.78, 5) is 0. The Morgan fingerprint density at radius 1 is 1.58 bits per heavy atom. The van der Waals surface area contributed by atoms with Gasteiger partial charge in [0.05, 0.1) is 11.9 Å². The first-order valence-corrected chi connectivity index (χ1v) is 5.76. The molecule has 2 N–H and O–H groups in total. The molecule has 1 fully saturated rings. The summed E-state index contributed by atoms with van der Waals surface area (Å²) in [6.07, 6.45) is 1.35. The Bertz CT molecular complexity index is 237. The summed E-state index contributed by atoms with van der Waals surface area (Å²) in [6.45, 7) is 2.99. The van der Waals surface area contributed by atoms with Gasteiger partial charge < -0.3 is 4.74 Å². The molecule has 0 saturated carbocycles. The highest BCUT2D eigenvalue weighted by molar-refractivity contribution is 7.89. The van der Waals surface area contributed by atoms with Crippen molar-refractivity contribution in [3.63, 3.8) is 0 Å². The van der Waals surface area contributed by atoms with Crippen molar-refractivity contribution in [1.82, 2.24) is 0 Å². The lowest BCUT2D eigenvalue weighted by Gasteiger charge is -2.28. The van der Waals surface area contributed by atoms with Crippen LogP contribution in [0, 0.1) is 5.92 Å². The van der Waals surface area contributed by atoms with Crippen molar-refractivity contribution in [2.75, 3.05) is 13.2 Å². The minimum Gasteiger partial charge on any atom is -0.381 e. The molecule has 2 atom stereocenters. The Kier molecular flexibility index (Phi) is 3.09. The molecule has 1 aliphatic rings. The van der Waals surface area contributed by atoms with Crippen LogP contribution < -0.4 is 5.14 Å². The SMILES string of the molecule is CC[C@@H]1COCC[C@H]1S(N)(=O)=O. The zero-order valence-electron chi connectivity index (χ0n) is 7.19. The molecular weight excluding hydrogens is 178 g/mol. The summed E-state index contributed by atoms with van der Waals surface area (Å²) >= 11 is 0. The van der Waals surface area contributed by atoms with Crippen molar-refractivity contribution in [2.45, 2.75) is 25.0 Å². The molecule has 0 aromatic heterocycles. The number of nitrogens with two attached hydrogens (primary N) is 1. The number of ether oxygens (including phenoxy) is 1. The Morgan fingerprint density at radius 2 is 2.25 bits per heavy atom. The van der Waals surface area contributed by atoms with Gasteiger partial charge in [-0.15, -0.1) is 0 Å². The highest BCUT2D eigenvalue weighted by Crippen LogP contribution is 2.22. The van der Waals surface area contributed by atoms with Crippen LogP contribution in [0.25, 0.3) is 0 Å². The second-order valence-electron chi connectivity index (χ2n) is 3.16. The second kappa shape index (κ2) is 3.72. The maximum atomic E-state index is 11.1. The van der Waals surface area contributed by atoms with Gasteiger partial charge in [-0.25, -0.2) is 13.6 Å². The van der Waals surface area contributed by atoms with Crippen molar-refractivity contribution >= 4 is 10.0 Å². The molecule has 0 unspecified atom stereocenters. The standard InChI is InChI=1S/C7H15NO3S/c1-2-6-5-11-4-3-7(6)12(8,9)10/h6-7H,2-5H2,1H3,(H2,8,9,10)/t6-,7-/m1/s1. The third-order valence-electron chi connectivity index (χ3n) is 2.35. The average Bonchev–Trinajstić information content (AvgIpc) is 2.03. The van der Waals surface area contributed by atoms with E-state index in [2.05, 4.69) is 0 Å². The molecule has 0 radical (unpaired) electrons. The fraction of sp³-hybridized carbons (Fsp3) is 1.00. The largest absolute Gasteiger partial charge is 0.381 e. The van der Waals surface area contributed by atoms with Gasteiger partial charge in [-0.2, -0.15) is 0 Å². The van der Waals surface area contributed by atoms with E-state index in [1.807, 2.05) is 6.92 Å². The first kappa shape index (κ1) is 9.95. The molecule has 0 aromatic carbocycles. The predicted octanol–water partition coefficient (Wildman–Crippen LogP) is 0.0900. The predicted molar refractivity (Wildman–Crippen MR) is 46.1 cm³/mol. The highest BCUT2D eigenvalue weighted by atomic mass is 32.2. The zero-order chi connectivity index (χ0) is 9.19. The van der Waals surface area contributed by atoms with E-state index in [1.54, 1.807) is 0 Å². The molecule has 1 aliphatic heterocycles.